The van der Waals surface area contributed by atoms with Gasteiger partial charge in [0, 0.05) is 17.8 Å². The van der Waals surface area contributed by atoms with Gasteiger partial charge < -0.3 is 14.5 Å². The number of nitrogens with one attached hydrogen (secondary N) is 1. The highest BCUT2D eigenvalue weighted by Gasteiger charge is 2.59. The zero-order chi connectivity index (χ0) is 31.4. The van der Waals surface area contributed by atoms with Gasteiger partial charge in [0.2, 0.25) is 15.8 Å². The van der Waals surface area contributed by atoms with Crippen LogP contribution in [0.15, 0.2) is 85.1 Å². The summed E-state index contributed by atoms with van der Waals surface area (Å²) in [4.78, 5) is 23.6. The van der Waals surface area contributed by atoms with Crippen molar-refractivity contribution in [3.63, 3.8) is 0 Å². The number of amides is 2. The van der Waals surface area contributed by atoms with Crippen molar-refractivity contribution in [2.24, 2.45) is 5.41 Å². The van der Waals surface area contributed by atoms with Crippen molar-refractivity contribution in [1.29, 1.82) is 0 Å². The molecule has 2 amide bonds. The molecular formula is C32H32Cl2FN4O3Si. The van der Waals surface area contributed by atoms with Gasteiger partial charge in [0.1, 0.15) is 16.6 Å². The Morgan fingerprint density at radius 1 is 0.977 bits per heavy atom. The lowest BCUT2D eigenvalue weighted by Crippen LogP contribution is -2.68. The number of rotatable bonds is 9. The van der Waals surface area contributed by atoms with Gasteiger partial charge in [-0.25, -0.2) is 19.2 Å². The van der Waals surface area contributed by atoms with E-state index in [0.29, 0.717) is 11.3 Å². The Hall–Kier alpha value is -3.50. The highest BCUT2D eigenvalue weighted by atomic mass is 35.5. The number of halogens is 3. The van der Waals surface area contributed by atoms with E-state index in [9.17, 15) is 4.79 Å². The second kappa shape index (κ2) is 13.0. The minimum absolute atomic E-state index is 0.0265. The molecular weight excluding hydrogens is 606 g/mol. The average molecular weight is 639 g/mol. The Balaban J connectivity index is 1.91. The molecule has 3 aromatic carbocycles. The van der Waals surface area contributed by atoms with E-state index in [0.717, 1.165) is 11.1 Å². The number of hydrogen-bond acceptors (Lipinski definition) is 5. The summed E-state index contributed by atoms with van der Waals surface area (Å²) in [6.07, 6.45) is 1.40. The van der Waals surface area contributed by atoms with Crippen molar-refractivity contribution in [2.45, 2.75) is 45.4 Å². The summed E-state index contributed by atoms with van der Waals surface area (Å²) in [7, 11) is 4.76. The zero-order valence-electron chi connectivity index (χ0n) is 24.5. The molecule has 0 aliphatic heterocycles. The van der Waals surface area contributed by atoms with E-state index in [1.54, 1.807) is 13.0 Å². The molecule has 0 spiro atoms. The van der Waals surface area contributed by atoms with Gasteiger partial charge in [-0.15, -0.1) is 0 Å². The lowest BCUT2D eigenvalue weighted by atomic mass is 9.54. The number of aromatic nitrogens is 2. The number of ether oxygens (including phenoxy) is 1. The Kier molecular flexibility index (Phi) is 9.81. The Morgan fingerprint density at radius 2 is 1.56 bits per heavy atom. The maximum Gasteiger partial charge on any atom is 0.324 e. The quantitative estimate of drug-likeness (QED) is 0.0890. The van der Waals surface area contributed by atoms with Gasteiger partial charge in [-0.3, -0.25) is 4.90 Å². The van der Waals surface area contributed by atoms with Crippen LogP contribution in [0.4, 0.5) is 14.9 Å². The van der Waals surface area contributed by atoms with Crippen LogP contribution in [0.2, 0.25) is 10.4 Å². The summed E-state index contributed by atoms with van der Waals surface area (Å²) >= 11 is 12.3. The monoisotopic (exact) mass is 637 g/mol. The molecule has 4 aromatic rings. The maximum absolute atomic E-state index is 15.6. The van der Waals surface area contributed by atoms with Crippen molar-refractivity contribution in [2.75, 3.05) is 12.0 Å². The van der Waals surface area contributed by atoms with Gasteiger partial charge in [0.25, 0.3) is 0 Å². The molecule has 0 aliphatic rings. The lowest BCUT2D eigenvalue weighted by molar-refractivity contribution is -0.0441. The number of urea groups is 1. The molecule has 1 atom stereocenters. The third-order valence-corrected chi connectivity index (χ3v) is 8.52. The van der Waals surface area contributed by atoms with Gasteiger partial charge >= 0.3 is 6.03 Å². The van der Waals surface area contributed by atoms with Crippen LogP contribution in [-0.4, -0.2) is 39.3 Å². The predicted octanol–water partition coefficient (Wildman–Crippen LogP) is 7.50. The smallest absolute Gasteiger partial charge is 0.324 e. The molecule has 0 unspecified atom stereocenters. The van der Waals surface area contributed by atoms with E-state index in [1.165, 1.54) is 30.3 Å². The lowest BCUT2D eigenvalue weighted by Gasteiger charge is -2.56. The van der Waals surface area contributed by atoms with Crippen LogP contribution >= 0.6 is 23.2 Å². The van der Waals surface area contributed by atoms with Crippen LogP contribution in [0.3, 0.4) is 0 Å². The van der Waals surface area contributed by atoms with Gasteiger partial charge in [0.05, 0.1) is 24.8 Å². The molecule has 1 aromatic heterocycles. The number of methoxy groups -OCH3 is 1. The summed E-state index contributed by atoms with van der Waals surface area (Å²) < 4.78 is 26.8. The summed E-state index contributed by atoms with van der Waals surface area (Å²) in [6.45, 7) is 7.84. The molecule has 0 saturated carbocycles. The zero-order valence-corrected chi connectivity index (χ0v) is 27.0. The van der Waals surface area contributed by atoms with Crippen LogP contribution in [-0.2, 0) is 16.4 Å². The SMILES string of the molecule is COc1ccc(N(Cc2cnc(Cl)nc2Cl)C(=O)N[C@@](C)(O[Si])C(c2ccccc2)(c2ccccc2)C(C)(C)C)c(F)c1. The van der Waals surface area contributed by atoms with Gasteiger partial charge in [-0.2, -0.15) is 0 Å². The molecule has 7 nitrogen and oxygen atoms in total. The predicted molar refractivity (Wildman–Crippen MR) is 168 cm³/mol. The standard InChI is InChI=1S/C32H32Cl2FN4O3Si/c1-30(2,3)32(22-12-8-6-9-13-22,23-14-10-7-11-15-23)31(4,42-43)38-29(40)39(20-21-19-36-28(34)37-27(21)33)26-17-16-24(41-5)18-25(26)35/h6-19H,20H2,1-5H3,(H,38,40)/t31-/m0/s1. The van der Waals surface area contributed by atoms with E-state index >= 15 is 4.39 Å². The number of anilines is 1. The highest BCUT2D eigenvalue weighted by molar-refractivity contribution is 6.32. The number of carbonyl (C=O) groups excluding carboxylic acids is 1. The first-order chi connectivity index (χ1) is 20.4. The second-order valence-electron chi connectivity index (χ2n) is 11.2. The topological polar surface area (TPSA) is 76.6 Å². The Morgan fingerprint density at radius 3 is 2.02 bits per heavy atom. The first-order valence-corrected chi connectivity index (χ1v) is 14.6. The van der Waals surface area contributed by atoms with Crippen LogP contribution in [0, 0.1) is 11.2 Å². The van der Waals surface area contributed by atoms with Gasteiger partial charge in [-0.1, -0.05) is 93.0 Å². The minimum atomic E-state index is -1.45. The Labute approximate surface area is 264 Å². The summed E-state index contributed by atoms with van der Waals surface area (Å²) in [5, 5.41) is 3.08. The fraction of sp³-hybridized carbons (Fsp3) is 0.281. The molecule has 1 N–H and O–H groups in total. The van der Waals surface area contributed by atoms with Crippen molar-refractivity contribution in [3.8, 4) is 5.75 Å². The van der Waals surface area contributed by atoms with Gasteiger partial charge in [-0.05, 0) is 47.2 Å². The molecule has 0 bridgehead atoms. The number of hydrogen-bond donors (Lipinski definition) is 1. The fourth-order valence-electron chi connectivity index (χ4n) is 5.89. The molecule has 0 fully saturated rings. The normalized spacial score (nSPS) is 13.2. The molecule has 4 rings (SSSR count). The third kappa shape index (κ3) is 6.26. The fourth-order valence-corrected chi connectivity index (χ4v) is 6.45. The summed E-state index contributed by atoms with van der Waals surface area (Å²) in [5.74, 6) is -0.391. The van der Waals surface area contributed by atoms with Crippen LogP contribution in [0.25, 0.3) is 0 Å². The molecule has 43 heavy (non-hydrogen) atoms. The average Bonchev–Trinajstić information content (AvgIpc) is 2.97. The maximum atomic E-state index is 15.6. The van der Waals surface area contributed by atoms with Crippen molar-refractivity contribution >= 4 is 45.4 Å². The highest BCUT2D eigenvalue weighted by Crippen LogP contribution is 2.54. The number of nitrogens with zero attached hydrogens (tertiary/aromatic N) is 3. The molecule has 0 aliphatic carbocycles. The van der Waals surface area contributed by atoms with E-state index in [1.807, 2.05) is 60.7 Å². The van der Waals surface area contributed by atoms with E-state index in [-0.39, 0.29) is 22.7 Å². The first-order valence-electron chi connectivity index (χ1n) is 13.4. The van der Waals surface area contributed by atoms with Crippen LogP contribution in [0.1, 0.15) is 44.4 Å². The molecule has 1 heterocycles. The number of benzene rings is 3. The molecule has 223 valence electrons. The van der Waals surface area contributed by atoms with E-state index in [2.05, 4.69) is 46.5 Å². The van der Waals surface area contributed by atoms with Crippen molar-refractivity contribution < 1.29 is 18.3 Å². The Bertz CT molecular complexity index is 1530. The van der Waals surface area contributed by atoms with Crippen LogP contribution in [0.5, 0.6) is 5.75 Å². The molecule has 11 heteroatoms. The van der Waals surface area contributed by atoms with E-state index < -0.39 is 28.4 Å². The first kappa shape index (κ1) is 32.4. The largest absolute Gasteiger partial charge is 0.497 e. The number of carbonyl (C=O) groups is 1. The summed E-state index contributed by atoms with van der Waals surface area (Å²) in [5.41, 5.74) is -0.869. The van der Waals surface area contributed by atoms with Crippen molar-refractivity contribution in [3.05, 3.63) is 118 Å². The summed E-state index contributed by atoms with van der Waals surface area (Å²) in [6, 6.07) is 23.2. The molecule has 3 radical (unpaired) electrons. The second-order valence-corrected chi connectivity index (χ2v) is 12.1. The van der Waals surface area contributed by atoms with Crippen molar-refractivity contribution in [1.82, 2.24) is 15.3 Å². The molecule has 0 saturated heterocycles. The van der Waals surface area contributed by atoms with Gasteiger partial charge in [0.15, 0.2) is 5.82 Å². The third-order valence-electron chi connectivity index (χ3n) is 7.61. The van der Waals surface area contributed by atoms with E-state index in [4.69, 9.17) is 32.4 Å². The van der Waals surface area contributed by atoms with Crippen LogP contribution < -0.4 is 15.0 Å². The minimum Gasteiger partial charge on any atom is -0.497 e.